The molecule has 0 fully saturated rings. The van der Waals surface area contributed by atoms with Gasteiger partial charge in [-0.15, -0.1) is 0 Å². The van der Waals surface area contributed by atoms with Crippen LogP contribution in [-0.2, 0) is 0 Å². The zero-order chi connectivity index (χ0) is 8.95. The van der Waals surface area contributed by atoms with Gasteiger partial charge < -0.3 is 15.5 Å². The molecule has 0 spiro atoms. The monoisotopic (exact) mass is 159 g/mol. The topological polar surface area (TPSA) is 52.5 Å². The van der Waals surface area contributed by atoms with Crippen molar-refractivity contribution in [3.8, 4) is 0 Å². The third kappa shape index (κ3) is 27.0. The zero-order valence-corrected chi connectivity index (χ0v) is 7.12. The lowest BCUT2D eigenvalue weighted by atomic mass is 10.6. The van der Waals surface area contributed by atoms with Crippen LogP contribution < -0.4 is 5.32 Å². The Morgan fingerprint density at radius 3 is 1.55 bits per heavy atom. The minimum absolute atomic E-state index is 0.125. The summed E-state index contributed by atoms with van der Waals surface area (Å²) in [4.78, 5) is 0. The van der Waals surface area contributed by atoms with Gasteiger partial charge in [0.05, 0.1) is 13.2 Å². The van der Waals surface area contributed by atoms with E-state index < -0.39 is 0 Å². The van der Waals surface area contributed by atoms with Crippen molar-refractivity contribution < 1.29 is 10.2 Å². The SMILES string of the molecule is C/C=C/N/C=C/C.OCCO. The Morgan fingerprint density at radius 1 is 1.00 bits per heavy atom. The van der Waals surface area contributed by atoms with Gasteiger partial charge in [-0.25, -0.2) is 0 Å². The summed E-state index contributed by atoms with van der Waals surface area (Å²) in [7, 11) is 0. The molecule has 0 rings (SSSR count). The van der Waals surface area contributed by atoms with Crippen LogP contribution >= 0.6 is 0 Å². The molecule has 0 amide bonds. The third-order valence-electron chi connectivity index (χ3n) is 0.626. The van der Waals surface area contributed by atoms with Crippen molar-refractivity contribution in [2.45, 2.75) is 13.8 Å². The standard InChI is InChI=1S/C6H11N.C2H6O2/c1-3-5-7-6-4-2;3-1-2-4/h3-7H,1-2H3;3-4H,1-2H2/b5-3+,6-4+;. The Labute approximate surface area is 68.1 Å². The highest BCUT2D eigenvalue weighted by Gasteiger charge is 1.58. The first-order valence-corrected chi connectivity index (χ1v) is 3.53. The van der Waals surface area contributed by atoms with Crippen molar-refractivity contribution in [2.75, 3.05) is 13.2 Å². The zero-order valence-electron chi connectivity index (χ0n) is 7.12. The van der Waals surface area contributed by atoms with Crippen LogP contribution in [0, 0.1) is 0 Å². The molecule has 3 nitrogen and oxygen atoms in total. The van der Waals surface area contributed by atoms with Gasteiger partial charge in [0.15, 0.2) is 0 Å². The van der Waals surface area contributed by atoms with Crippen LogP contribution in [0.5, 0.6) is 0 Å². The fourth-order valence-corrected chi connectivity index (χ4v) is 0.248. The van der Waals surface area contributed by atoms with Crippen molar-refractivity contribution in [3.05, 3.63) is 24.6 Å². The van der Waals surface area contributed by atoms with Crippen LogP contribution in [-0.4, -0.2) is 23.4 Å². The van der Waals surface area contributed by atoms with Gasteiger partial charge >= 0.3 is 0 Å². The summed E-state index contributed by atoms with van der Waals surface area (Å²) in [6.07, 6.45) is 7.64. The molecule has 0 radical (unpaired) electrons. The number of aliphatic hydroxyl groups excluding tert-OH is 2. The van der Waals surface area contributed by atoms with Gasteiger partial charge in [0.2, 0.25) is 0 Å². The van der Waals surface area contributed by atoms with E-state index in [9.17, 15) is 0 Å². The molecule has 66 valence electrons. The first-order chi connectivity index (χ1) is 5.33. The number of nitrogens with one attached hydrogen (secondary N) is 1. The molecule has 0 aromatic rings. The Kier molecular flexibility index (Phi) is 18.8. The quantitative estimate of drug-likeness (QED) is 0.565. The molecule has 0 saturated carbocycles. The van der Waals surface area contributed by atoms with Gasteiger partial charge in [0.1, 0.15) is 0 Å². The normalized spacial score (nSPS) is 9.82. The smallest absolute Gasteiger partial charge is 0.0662 e. The Morgan fingerprint density at radius 2 is 1.36 bits per heavy atom. The highest BCUT2D eigenvalue weighted by atomic mass is 16.3. The summed E-state index contributed by atoms with van der Waals surface area (Å²) < 4.78 is 0. The minimum atomic E-state index is -0.125. The molecule has 0 unspecified atom stereocenters. The molecule has 0 aliphatic rings. The highest BCUT2D eigenvalue weighted by Crippen LogP contribution is 1.64. The molecular weight excluding hydrogens is 142 g/mol. The predicted molar refractivity (Wildman–Crippen MR) is 46.9 cm³/mol. The number of rotatable bonds is 3. The van der Waals surface area contributed by atoms with E-state index in [1.165, 1.54) is 0 Å². The maximum absolute atomic E-state index is 7.62. The maximum Gasteiger partial charge on any atom is 0.0662 e. The molecule has 3 N–H and O–H groups in total. The van der Waals surface area contributed by atoms with Crippen LogP contribution in [0.3, 0.4) is 0 Å². The molecule has 0 aliphatic heterocycles. The van der Waals surface area contributed by atoms with Gasteiger partial charge in [-0.05, 0) is 26.2 Å². The molecule has 11 heavy (non-hydrogen) atoms. The summed E-state index contributed by atoms with van der Waals surface area (Å²) in [5, 5.41) is 18.2. The first kappa shape index (κ1) is 12.8. The summed E-state index contributed by atoms with van der Waals surface area (Å²) in [6.45, 7) is 3.69. The highest BCUT2D eigenvalue weighted by molar-refractivity contribution is 4.83. The molecule has 0 aromatic heterocycles. The van der Waals surface area contributed by atoms with Crippen LogP contribution in [0.2, 0.25) is 0 Å². The fraction of sp³-hybridized carbons (Fsp3) is 0.500. The molecule has 0 aliphatic carbocycles. The van der Waals surface area contributed by atoms with Gasteiger partial charge in [0, 0.05) is 0 Å². The van der Waals surface area contributed by atoms with E-state index >= 15 is 0 Å². The van der Waals surface area contributed by atoms with Crippen LogP contribution in [0.4, 0.5) is 0 Å². The number of hydrogen-bond acceptors (Lipinski definition) is 3. The predicted octanol–water partition coefficient (Wildman–Crippen LogP) is 0.614. The number of allylic oxidation sites excluding steroid dienone is 2. The van der Waals surface area contributed by atoms with E-state index in [-0.39, 0.29) is 13.2 Å². The van der Waals surface area contributed by atoms with E-state index in [4.69, 9.17) is 10.2 Å². The van der Waals surface area contributed by atoms with Gasteiger partial charge in [0.25, 0.3) is 0 Å². The molecular formula is C8H17NO2. The Hall–Kier alpha value is -0.800. The van der Waals surface area contributed by atoms with Crippen LogP contribution in [0.15, 0.2) is 24.6 Å². The summed E-state index contributed by atoms with van der Waals surface area (Å²) >= 11 is 0. The summed E-state index contributed by atoms with van der Waals surface area (Å²) in [5.41, 5.74) is 0. The van der Waals surface area contributed by atoms with Crippen molar-refractivity contribution in [2.24, 2.45) is 0 Å². The van der Waals surface area contributed by atoms with E-state index in [1.807, 2.05) is 38.4 Å². The second-order valence-corrected chi connectivity index (χ2v) is 1.61. The van der Waals surface area contributed by atoms with Gasteiger partial charge in [-0.2, -0.15) is 0 Å². The second kappa shape index (κ2) is 16.1. The van der Waals surface area contributed by atoms with Crippen molar-refractivity contribution in [1.82, 2.24) is 5.32 Å². The number of aliphatic hydroxyl groups is 2. The molecule has 0 atom stereocenters. The maximum atomic E-state index is 7.62. The van der Waals surface area contributed by atoms with Gasteiger partial charge in [-0.1, -0.05) is 12.2 Å². The minimum Gasteiger partial charge on any atom is -0.394 e. The van der Waals surface area contributed by atoms with E-state index in [0.29, 0.717) is 0 Å². The second-order valence-electron chi connectivity index (χ2n) is 1.61. The largest absolute Gasteiger partial charge is 0.394 e. The van der Waals surface area contributed by atoms with E-state index in [2.05, 4.69) is 5.32 Å². The average Bonchev–Trinajstić information content (AvgIpc) is 2.06. The van der Waals surface area contributed by atoms with Crippen molar-refractivity contribution in [3.63, 3.8) is 0 Å². The first-order valence-electron chi connectivity index (χ1n) is 3.53. The summed E-state index contributed by atoms with van der Waals surface area (Å²) in [5.74, 6) is 0. The third-order valence-corrected chi connectivity index (χ3v) is 0.626. The number of hydrogen-bond donors (Lipinski definition) is 3. The van der Waals surface area contributed by atoms with Crippen LogP contribution in [0.25, 0.3) is 0 Å². The van der Waals surface area contributed by atoms with Crippen LogP contribution in [0.1, 0.15) is 13.8 Å². The van der Waals surface area contributed by atoms with E-state index in [1.54, 1.807) is 0 Å². The van der Waals surface area contributed by atoms with Crippen molar-refractivity contribution >= 4 is 0 Å². The molecule has 3 heteroatoms. The molecule has 0 aromatic carbocycles. The van der Waals surface area contributed by atoms with Crippen molar-refractivity contribution in [1.29, 1.82) is 0 Å². The fourth-order valence-electron chi connectivity index (χ4n) is 0.248. The lowest BCUT2D eigenvalue weighted by Gasteiger charge is -1.81. The lowest BCUT2D eigenvalue weighted by Crippen LogP contribution is -1.88. The molecule has 0 bridgehead atoms. The lowest BCUT2D eigenvalue weighted by molar-refractivity contribution is 0.186. The summed E-state index contributed by atoms with van der Waals surface area (Å²) in [6, 6.07) is 0. The average molecular weight is 159 g/mol. The van der Waals surface area contributed by atoms with Gasteiger partial charge in [-0.3, -0.25) is 0 Å². The molecule has 0 heterocycles. The Bertz CT molecular complexity index is 88.3. The Balaban J connectivity index is 0. The molecule has 0 saturated heterocycles. The van der Waals surface area contributed by atoms with E-state index in [0.717, 1.165) is 0 Å².